The Balaban J connectivity index is 1.40. The van der Waals surface area contributed by atoms with Gasteiger partial charge in [0.15, 0.2) is 0 Å². The molecule has 42 heavy (non-hydrogen) atoms. The first-order valence-corrected chi connectivity index (χ1v) is 16.1. The molecule has 0 aliphatic carbocycles. The van der Waals surface area contributed by atoms with E-state index in [1.165, 1.54) is 22.5 Å². The van der Waals surface area contributed by atoms with Gasteiger partial charge in [-0.05, 0) is 42.8 Å². The van der Waals surface area contributed by atoms with Gasteiger partial charge in [0, 0.05) is 55.8 Å². The normalized spacial score (nSPS) is 15.4. The Morgan fingerprint density at radius 2 is 1.71 bits per heavy atom. The number of aromatic amines is 1. The highest BCUT2D eigenvalue weighted by Gasteiger charge is 2.32. The molecule has 1 N–H and O–H groups in total. The number of halogens is 1. The number of H-pyrrole nitrogens is 1. The van der Waals surface area contributed by atoms with Crippen LogP contribution in [0.15, 0.2) is 72.8 Å². The molecule has 1 saturated heterocycles. The summed E-state index contributed by atoms with van der Waals surface area (Å²) in [7, 11) is 2.19. The quantitative estimate of drug-likeness (QED) is 0.182. The number of piperazine rings is 1. The van der Waals surface area contributed by atoms with Crippen LogP contribution in [0.4, 0.5) is 0 Å². The number of nitrogens with zero attached hydrogens (tertiary/aromatic N) is 4. The molecule has 1 aliphatic heterocycles. The number of para-hydroxylation sites is 2. The summed E-state index contributed by atoms with van der Waals surface area (Å²) in [6.07, 6.45) is 2.55. The van der Waals surface area contributed by atoms with Crippen LogP contribution in [0.25, 0.3) is 21.1 Å². The topological polar surface area (TPSA) is 55.5 Å². The SMILES string of the molecule is CCCCN(C(=O)c1sc2ccccc2c1Cl)C(Cc1ccccc1CN1CCN(C)CC1)c1nc2ccccc2[nH]1. The van der Waals surface area contributed by atoms with Gasteiger partial charge in [0.1, 0.15) is 10.7 Å². The second-order valence-electron chi connectivity index (χ2n) is 11.3. The van der Waals surface area contributed by atoms with E-state index in [9.17, 15) is 4.79 Å². The van der Waals surface area contributed by atoms with Crippen molar-refractivity contribution in [1.82, 2.24) is 24.7 Å². The van der Waals surface area contributed by atoms with Crippen LogP contribution < -0.4 is 0 Å². The minimum Gasteiger partial charge on any atom is -0.340 e. The molecule has 8 heteroatoms. The van der Waals surface area contributed by atoms with Gasteiger partial charge in [0.2, 0.25) is 0 Å². The number of benzene rings is 3. The van der Waals surface area contributed by atoms with E-state index in [0.717, 1.165) is 72.5 Å². The number of amides is 1. The Morgan fingerprint density at radius 1 is 1.00 bits per heavy atom. The van der Waals surface area contributed by atoms with Gasteiger partial charge in [-0.15, -0.1) is 11.3 Å². The van der Waals surface area contributed by atoms with Crippen molar-refractivity contribution in [3.63, 3.8) is 0 Å². The van der Waals surface area contributed by atoms with Crippen molar-refractivity contribution in [2.75, 3.05) is 39.8 Å². The third-order valence-electron chi connectivity index (χ3n) is 8.36. The van der Waals surface area contributed by atoms with Crippen molar-refractivity contribution in [3.05, 3.63) is 99.6 Å². The number of imidazole rings is 1. The average Bonchev–Trinajstić information content (AvgIpc) is 3.60. The third-order valence-corrected chi connectivity index (χ3v) is 10.0. The second-order valence-corrected chi connectivity index (χ2v) is 12.7. The molecule has 1 unspecified atom stereocenters. The first-order valence-electron chi connectivity index (χ1n) is 14.9. The maximum absolute atomic E-state index is 14.5. The Hall–Kier alpha value is -3.23. The molecule has 2 aromatic heterocycles. The number of likely N-dealkylation sites (N-methyl/N-ethyl adjacent to an activating group) is 1. The van der Waals surface area contributed by atoms with Crippen molar-refractivity contribution < 1.29 is 4.79 Å². The minimum absolute atomic E-state index is 0.0309. The number of rotatable bonds is 10. The van der Waals surface area contributed by atoms with E-state index in [0.29, 0.717) is 22.9 Å². The molecule has 6 nitrogen and oxygen atoms in total. The summed E-state index contributed by atoms with van der Waals surface area (Å²) in [4.78, 5) is 30.6. The predicted molar refractivity (Wildman–Crippen MR) is 175 cm³/mol. The monoisotopic (exact) mass is 599 g/mol. The second kappa shape index (κ2) is 13.0. The number of carbonyl (C=O) groups is 1. The Kier molecular flexibility index (Phi) is 8.91. The molecule has 1 fully saturated rings. The zero-order chi connectivity index (χ0) is 29.1. The summed E-state index contributed by atoms with van der Waals surface area (Å²) < 4.78 is 1.03. The van der Waals surface area contributed by atoms with E-state index in [1.54, 1.807) is 0 Å². The lowest BCUT2D eigenvalue weighted by atomic mass is 9.97. The molecule has 0 radical (unpaired) electrons. The highest BCUT2D eigenvalue weighted by molar-refractivity contribution is 7.21. The van der Waals surface area contributed by atoms with Gasteiger partial charge < -0.3 is 14.8 Å². The van der Waals surface area contributed by atoms with Crippen molar-refractivity contribution in [2.24, 2.45) is 0 Å². The molecule has 1 atom stereocenters. The Bertz CT molecular complexity index is 1640. The zero-order valence-corrected chi connectivity index (χ0v) is 25.9. The van der Waals surface area contributed by atoms with Crippen LogP contribution >= 0.6 is 22.9 Å². The molecule has 0 spiro atoms. The van der Waals surface area contributed by atoms with E-state index in [1.807, 2.05) is 53.4 Å². The molecule has 3 aromatic carbocycles. The van der Waals surface area contributed by atoms with E-state index < -0.39 is 0 Å². The molecule has 1 amide bonds. The van der Waals surface area contributed by atoms with Crippen molar-refractivity contribution >= 4 is 50.0 Å². The number of nitrogens with one attached hydrogen (secondary N) is 1. The smallest absolute Gasteiger partial charge is 0.266 e. The minimum atomic E-state index is -0.272. The standard InChI is InChI=1S/C34H38ClN5OS/c1-3-4-17-40(34(41)32-31(35)26-13-7-10-16-30(26)42-32)29(33-36-27-14-8-9-15-28(27)37-33)22-24-11-5-6-12-25(24)23-39-20-18-38(2)19-21-39/h5-16,29H,3-4,17-23H2,1-2H3,(H,36,37). The van der Waals surface area contributed by atoms with Gasteiger partial charge in [-0.2, -0.15) is 0 Å². The molecule has 1 aliphatic rings. The first-order chi connectivity index (χ1) is 20.5. The summed E-state index contributed by atoms with van der Waals surface area (Å²) in [6, 6.07) is 24.5. The van der Waals surface area contributed by atoms with Gasteiger partial charge in [0.25, 0.3) is 5.91 Å². The number of hydrogen-bond donors (Lipinski definition) is 1. The fraction of sp³-hybridized carbons (Fsp3) is 0.353. The molecule has 3 heterocycles. The number of thiophene rings is 1. The van der Waals surface area contributed by atoms with Crippen molar-refractivity contribution in [3.8, 4) is 0 Å². The molecule has 0 bridgehead atoms. The van der Waals surface area contributed by atoms with E-state index in [2.05, 4.69) is 53.0 Å². The van der Waals surface area contributed by atoms with Gasteiger partial charge >= 0.3 is 0 Å². The lowest BCUT2D eigenvalue weighted by molar-refractivity contribution is 0.0668. The van der Waals surface area contributed by atoms with Gasteiger partial charge in [0.05, 0.1) is 22.1 Å². The number of carbonyl (C=O) groups excluding carboxylic acids is 1. The first kappa shape index (κ1) is 28.9. The largest absolute Gasteiger partial charge is 0.340 e. The van der Waals surface area contributed by atoms with E-state index >= 15 is 0 Å². The Labute approximate surface area is 256 Å². The van der Waals surface area contributed by atoms with Crippen LogP contribution in [0, 0.1) is 0 Å². The zero-order valence-electron chi connectivity index (χ0n) is 24.4. The van der Waals surface area contributed by atoms with E-state index in [-0.39, 0.29) is 11.9 Å². The number of fused-ring (bicyclic) bond motifs is 2. The number of aromatic nitrogens is 2. The summed E-state index contributed by atoms with van der Waals surface area (Å²) >= 11 is 8.36. The summed E-state index contributed by atoms with van der Waals surface area (Å²) in [5.74, 6) is 0.781. The lowest BCUT2D eigenvalue weighted by Gasteiger charge is -2.34. The summed E-state index contributed by atoms with van der Waals surface area (Å²) in [5.41, 5.74) is 4.45. The van der Waals surface area contributed by atoms with Crippen LogP contribution in [0.2, 0.25) is 5.02 Å². The molecule has 0 saturated carbocycles. The molecular formula is C34H38ClN5OS. The van der Waals surface area contributed by atoms with Gasteiger partial charge in [-0.25, -0.2) is 4.98 Å². The van der Waals surface area contributed by atoms with Crippen LogP contribution in [-0.2, 0) is 13.0 Å². The number of unbranched alkanes of at least 4 members (excludes halogenated alkanes) is 1. The maximum Gasteiger partial charge on any atom is 0.266 e. The highest BCUT2D eigenvalue weighted by atomic mass is 35.5. The molecular weight excluding hydrogens is 562 g/mol. The highest BCUT2D eigenvalue weighted by Crippen LogP contribution is 2.38. The molecule has 5 aromatic rings. The van der Waals surface area contributed by atoms with E-state index in [4.69, 9.17) is 16.6 Å². The third kappa shape index (κ3) is 6.11. The van der Waals surface area contributed by atoms with Crippen LogP contribution in [-0.4, -0.2) is 70.3 Å². The van der Waals surface area contributed by atoms with Gasteiger partial charge in [-0.1, -0.05) is 79.5 Å². The average molecular weight is 600 g/mol. The number of hydrogen-bond acceptors (Lipinski definition) is 5. The summed E-state index contributed by atoms with van der Waals surface area (Å²) in [6.45, 7) is 7.98. The summed E-state index contributed by atoms with van der Waals surface area (Å²) in [5, 5.41) is 1.47. The van der Waals surface area contributed by atoms with Crippen molar-refractivity contribution in [1.29, 1.82) is 0 Å². The molecule has 6 rings (SSSR count). The van der Waals surface area contributed by atoms with Crippen LogP contribution in [0.1, 0.15) is 52.4 Å². The fourth-order valence-electron chi connectivity index (χ4n) is 5.86. The Morgan fingerprint density at radius 3 is 2.48 bits per heavy atom. The van der Waals surface area contributed by atoms with Crippen LogP contribution in [0.5, 0.6) is 0 Å². The van der Waals surface area contributed by atoms with Gasteiger partial charge in [-0.3, -0.25) is 9.69 Å². The maximum atomic E-state index is 14.5. The predicted octanol–water partition coefficient (Wildman–Crippen LogP) is 7.40. The molecule has 218 valence electrons. The van der Waals surface area contributed by atoms with Crippen LogP contribution in [0.3, 0.4) is 0 Å². The lowest BCUT2D eigenvalue weighted by Crippen LogP contribution is -2.44. The fourth-order valence-corrected chi connectivity index (χ4v) is 7.33. The van der Waals surface area contributed by atoms with Crippen molar-refractivity contribution in [2.45, 2.75) is 38.8 Å².